The minimum absolute atomic E-state index is 0.0985. The summed E-state index contributed by atoms with van der Waals surface area (Å²) in [6.45, 7) is 3.02. The Kier molecular flexibility index (Phi) is 4.91. The number of nitrogens with zero attached hydrogens (tertiary/aromatic N) is 1. The molecule has 2 aliphatic heterocycles. The summed E-state index contributed by atoms with van der Waals surface area (Å²) in [6, 6.07) is 6.60. The molecule has 0 N–H and O–H groups in total. The van der Waals surface area contributed by atoms with E-state index in [1.165, 1.54) is 10.3 Å². The molecule has 1 aromatic rings. The van der Waals surface area contributed by atoms with Gasteiger partial charge in [0.15, 0.2) is 9.84 Å². The van der Waals surface area contributed by atoms with Crippen LogP contribution in [0.2, 0.25) is 0 Å². The molecular formula is C17H21NO5S. The average Bonchev–Trinajstić information content (AvgIpc) is 3.19. The molecule has 24 heavy (non-hydrogen) atoms. The summed E-state index contributed by atoms with van der Waals surface area (Å²) in [6.07, 6.45) is 2.56. The van der Waals surface area contributed by atoms with Crippen molar-refractivity contribution >= 4 is 21.4 Å². The van der Waals surface area contributed by atoms with E-state index in [4.69, 9.17) is 9.47 Å². The second-order valence-electron chi connectivity index (χ2n) is 5.86. The van der Waals surface area contributed by atoms with Crippen LogP contribution >= 0.6 is 0 Å². The molecule has 1 amide bonds. The number of anilines is 1. The van der Waals surface area contributed by atoms with E-state index < -0.39 is 22.0 Å². The highest BCUT2D eigenvalue weighted by atomic mass is 32.2. The molecule has 7 heteroatoms. The van der Waals surface area contributed by atoms with Crippen molar-refractivity contribution in [3.63, 3.8) is 0 Å². The van der Waals surface area contributed by atoms with Crippen molar-refractivity contribution in [3.05, 3.63) is 35.7 Å². The standard InChI is InChI=1S/C17H21NO5S/c1-2-22-15-7-5-13(6-8-15)18(14-9-11-24(20,21)12-14)17(19)16-4-3-10-23-16/h5-9,11,14,16H,2-4,10,12H2,1H3/t14-,16+/m1/s1. The number of carbonyl (C=O) groups excluding carboxylic acids is 1. The van der Waals surface area contributed by atoms with Crippen LogP contribution in [0.3, 0.4) is 0 Å². The number of sulfone groups is 1. The second-order valence-corrected chi connectivity index (χ2v) is 7.79. The molecule has 0 saturated carbocycles. The molecule has 2 atom stereocenters. The van der Waals surface area contributed by atoms with Gasteiger partial charge < -0.3 is 14.4 Å². The predicted molar refractivity (Wildman–Crippen MR) is 90.8 cm³/mol. The molecule has 1 fully saturated rings. The maximum atomic E-state index is 12.9. The summed E-state index contributed by atoms with van der Waals surface area (Å²) < 4.78 is 34.5. The van der Waals surface area contributed by atoms with Gasteiger partial charge in [-0.1, -0.05) is 0 Å². The van der Waals surface area contributed by atoms with E-state index in [2.05, 4.69) is 0 Å². The highest BCUT2D eigenvalue weighted by Crippen LogP contribution is 2.28. The highest BCUT2D eigenvalue weighted by Gasteiger charge is 2.36. The normalized spacial score (nSPS) is 24.9. The summed E-state index contributed by atoms with van der Waals surface area (Å²) >= 11 is 0. The Morgan fingerprint density at radius 1 is 1.33 bits per heavy atom. The van der Waals surface area contributed by atoms with Gasteiger partial charge in [0.2, 0.25) is 0 Å². The van der Waals surface area contributed by atoms with Gasteiger partial charge >= 0.3 is 0 Å². The molecule has 0 bridgehead atoms. The van der Waals surface area contributed by atoms with E-state index in [1.807, 2.05) is 6.92 Å². The molecular weight excluding hydrogens is 330 g/mol. The first kappa shape index (κ1) is 17.0. The Labute approximate surface area is 142 Å². The molecule has 3 rings (SSSR count). The van der Waals surface area contributed by atoms with Gasteiger partial charge in [0, 0.05) is 17.7 Å². The molecule has 0 spiro atoms. The van der Waals surface area contributed by atoms with Crippen molar-refractivity contribution in [1.82, 2.24) is 0 Å². The van der Waals surface area contributed by atoms with E-state index >= 15 is 0 Å². The molecule has 130 valence electrons. The first-order chi connectivity index (χ1) is 11.5. The molecule has 1 saturated heterocycles. The van der Waals surface area contributed by atoms with Gasteiger partial charge in [-0.3, -0.25) is 4.79 Å². The lowest BCUT2D eigenvalue weighted by Crippen LogP contribution is -2.46. The molecule has 0 aliphatic carbocycles. The Balaban J connectivity index is 1.89. The Hall–Kier alpha value is -1.86. The third-order valence-corrected chi connectivity index (χ3v) is 5.49. The van der Waals surface area contributed by atoms with Crippen LogP contribution in [-0.4, -0.2) is 45.4 Å². The van der Waals surface area contributed by atoms with E-state index in [-0.39, 0.29) is 11.7 Å². The molecule has 6 nitrogen and oxygen atoms in total. The van der Waals surface area contributed by atoms with E-state index in [1.54, 1.807) is 30.3 Å². The van der Waals surface area contributed by atoms with Gasteiger partial charge in [-0.05, 0) is 50.1 Å². The Morgan fingerprint density at radius 3 is 2.62 bits per heavy atom. The highest BCUT2D eigenvalue weighted by molar-refractivity contribution is 7.94. The summed E-state index contributed by atoms with van der Waals surface area (Å²) in [7, 11) is -3.26. The van der Waals surface area contributed by atoms with E-state index in [0.717, 1.165) is 6.42 Å². The number of carbonyl (C=O) groups is 1. The molecule has 1 aromatic carbocycles. The van der Waals surface area contributed by atoms with Crippen LogP contribution in [0.1, 0.15) is 19.8 Å². The zero-order valence-corrected chi connectivity index (χ0v) is 14.4. The SMILES string of the molecule is CCOc1ccc(N(C(=O)[C@@H]2CCCO2)[C@@H]2C=CS(=O)(=O)C2)cc1. The Bertz CT molecular complexity index is 720. The summed E-state index contributed by atoms with van der Waals surface area (Å²) in [5.74, 6) is 0.419. The monoisotopic (exact) mass is 351 g/mol. The predicted octanol–water partition coefficient (Wildman–Crippen LogP) is 1.91. The van der Waals surface area contributed by atoms with Gasteiger partial charge in [0.1, 0.15) is 11.9 Å². The van der Waals surface area contributed by atoms with Crippen molar-refractivity contribution in [3.8, 4) is 5.75 Å². The minimum atomic E-state index is -3.26. The number of hydrogen-bond donors (Lipinski definition) is 0. The number of amides is 1. The maximum absolute atomic E-state index is 12.9. The average molecular weight is 351 g/mol. The lowest BCUT2D eigenvalue weighted by Gasteiger charge is -2.29. The summed E-state index contributed by atoms with van der Waals surface area (Å²) in [5, 5.41) is 1.18. The fourth-order valence-electron chi connectivity index (χ4n) is 3.00. The van der Waals surface area contributed by atoms with Gasteiger partial charge in [0.05, 0.1) is 18.4 Å². The van der Waals surface area contributed by atoms with Crippen molar-refractivity contribution in [2.75, 3.05) is 23.9 Å². The van der Waals surface area contributed by atoms with Crippen LogP contribution in [0.4, 0.5) is 5.69 Å². The van der Waals surface area contributed by atoms with Crippen LogP contribution in [0.15, 0.2) is 35.7 Å². The summed E-state index contributed by atoms with van der Waals surface area (Å²) in [5.41, 5.74) is 0.644. The van der Waals surface area contributed by atoms with Gasteiger partial charge in [-0.15, -0.1) is 0 Å². The first-order valence-electron chi connectivity index (χ1n) is 8.08. The molecule has 0 aromatic heterocycles. The van der Waals surface area contributed by atoms with Gasteiger partial charge in [0.25, 0.3) is 5.91 Å². The quantitative estimate of drug-likeness (QED) is 0.810. The molecule has 0 radical (unpaired) electrons. The van der Waals surface area contributed by atoms with Gasteiger partial charge in [-0.2, -0.15) is 0 Å². The van der Waals surface area contributed by atoms with Crippen molar-refractivity contribution in [2.45, 2.75) is 31.9 Å². The minimum Gasteiger partial charge on any atom is -0.494 e. The zero-order valence-electron chi connectivity index (χ0n) is 13.6. The number of ether oxygens (including phenoxy) is 2. The van der Waals surface area contributed by atoms with Crippen molar-refractivity contribution in [2.24, 2.45) is 0 Å². The van der Waals surface area contributed by atoms with Crippen molar-refractivity contribution in [1.29, 1.82) is 0 Å². The second kappa shape index (κ2) is 6.94. The maximum Gasteiger partial charge on any atom is 0.256 e. The molecule has 2 aliphatic rings. The topological polar surface area (TPSA) is 72.9 Å². The number of rotatable bonds is 5. The van der Waals surface area contributed by atoms with E-state index in [0.29, 0.717) is 31.1 Å². The fraction of sp³-hybridized carbons (Fsp3) is 0.471. The van der Waals surface area contributed by atoms with Crippen LogP contribution in [-0.2, 0) is 19.4 Å². The zero-order chi connectivity index (χ0) is 17.2. The van der Waals surface area contributed by atoms with E-state index in [9.17, 15) is 13.2 Å². The van der Waals surface area contributed by atoms with Crippen LogP contribution in [0.5, 0.6) is 5.75 Å². The lowest BCUT2D eigenvalue weighted by atomic mass is 10.1. The summed E-state index contributed by atoms with van der Waals surface area (Å²) in [4.78, 5) is 14.4. The third kappa shape index (κ3) is 3.62. The van der Waals surface area contributed by atoms with Crippen LogP contribution in [0.25, 0.3) is 0 Å². The number of benzene rings is 1. The van der Waals surface area contributed by atoms with Crippen LogP contribution < -0.4 is 9.64 Å². The third-order valence-electron chi connectivity index (χ3n) is 4.11. The molecule has 2 heterocycles. The van der Waals surface area contributed by atoms with Gasteiger partial charge in [-0.25, -0.2) is 8.42 Å². The number of hydrogen-bond acceptors (Lipinski definition) is 5. The molecule has 0 unspecified atom stereocenters. The van der Waals surface area contributed by atoms with Crippen LogP contribution in [0, 0.1) is 0 Å². The fourth-order valence-corrected chi connectivity index (χ4v) is 4.27. The van der Waals surface area contributed by atoms with Crippen molar-refractivity contribution < 1.29 is 22.7 Å². The first-order valence-corrected chi connectivity index (χ1v) is 9.80. The lowest BCUT2D eigenvalue weighted by molar-refractivity contribution is -0.127. The smallest absolute Gasteiger partial charge is 0.256 e. The Morgan fingerprint density at radius 2 is 2.08 bits per heavy atom. The largest absolute Gasteiger partial charge is 0.494 e.